The molecule has 2 heterocycles. The van der Waals surface area contributed by atoms with Crippen molar-refractivity contribution in [1.82, 2.24) is 15.3 Å². The summed E-state index contributed by atoms with van der Waals surface area (Å²) in [6.45, 7) is 6.51. The third-order valence-corrected chi connectivity index (χ3v) is 4.55. The molecule has 0 aliphatic carbocycles. The van der Waals surface area contributed by atoms with E-state index in [1.807, 2.05) is 13.8 Å². The van der Waals surface area contributed by atoms with Crippen LogP contribution in [0.15, 0.2) is 0 Å². The predicted octanol–water partition coefficient (Wildman–Crippen LogP) is 2.01. The molecule has 3 N–H and O–H groups in total. The largest absolute Gasteiger partial charge is 0.481 e. The van der Waals surface area contributed by atoms with Gasteiger partial charge in [-0.3, -0.25) is 9.59 Å². The van der Waals surface area contributed by atoms with E-state index in [-0.39, 0.29) is 25.3 Å². The number of carbonyl (C=O) groups excluding carboxylic acids is 1. The number of aromatic nitrogens is 2. The molecule has 23 heavy (non-hydrogen) atoms. The van der Waals surface area contributed by atoms with Crippen LogP contribution in [0.4, 0.5) is 5.82 Å². The Morgan fingerprint density at radius 3 is 2.57 bits per heavy atom. The summed E-state index contributed by atoms with van der Waals surface area (Å²) in [6, 6.07) is 0. The molecule has 0 unspecified atom stereocenters. The fourth-order valence-electron chi connectivity index (χ4n) is 2.18. The highest BCUT2D eigenvalue weighted by molar-refractivity contribution is 7.18. The number of hydrogen-bond acceptors (Lipinski definition) is 6. The minimum Gasteiger partial charge on any atom is -0.481 e. The summed E-state index contributed by atoms with van der Waals surface area (Å²) in [5.41, 5.74) is 1.15. The molecule has 0 aliphatic heterocycles. The summed E-state index contributed by atoms with van der Waals surface area (Å²) in [7, 11) is 0. The quantitative estimate of drug-likeness (QED) is 0.714. The first-order chi connectivity index (χ1) is 10.9. The number of carbonyl (C=O) groups is 2. The predicted molar refractivity (Wildman–Crippen MR) is 90.0 cm³/mol. The van der Waals surface area contributed by atoms with Gasteiger partial charge in [-0.15, -0.1) is 11.3 Å². The van der Waals surface area contributed by atoms with Gasteiger partial charge in [-0.1, -0.05) is 0 Å². The first-order valence-corrected chi connectivity index (χ1v) is 8.17. The van der Waals surface area contributed by atoms with Gasteiger partial charge in [0.15, 0.2) is 0 Å². The lowest BCUT2D eigenvalue weighted by Crippen LogP contribution is -2.27. The average Bonchev–Trinajstić information content (AvgIpc) is 2.73. The number of nitrogens with one attached hydrogen (secondary N) is 2. The number of carboxylic acid groups (broad SMARTS) is 1. The highest BCUT2D eigenvalue weighted by Gasteiger charge is 2.13. The molecule has 0 saturated heterocycles. The SMILES string of the molecule is Cc1nc(NCCC(=O)NCCC(=O)O)c2c(C)c(C)sc2n1. The summed E-state index contributed by atoms with van der Waals surface area (Å²) in [4.78, 5) is 33.1. The number of aliphatic carboxylic acids is 1. The number of hydrogen-bond donors (Lipinski definition) is 3. The van der Waals surface area contributed by atoms with E-state index >= 15 is 0 Å². The van der Waals surface area contributed by atoms with Gasteiger partial charge in [-0.25, -0.2) is 9.97 Å². The van der Waals surface area contributed by atoms with E-state index in [4.69, 9.17) is 5.11 Å². The summed E-state index contributed by atoms with van der Waals surface area (Å²) >= 11 is 1.63. The lowest BCUT2D eigenvalue weighted by molar-refractivity contribution is -0.136. The lowest BCUT2D eigenvalue weighted by Gasteiger charge is -2.09. The molecule has 0 atom stereocenters. The van der Waals surface area contributed by atoms with Crippen molar-refractivity contribution in [2.45, 2.75) is 33.6 Å². The number of rotatable bonds is 7. The normalized spacial score (nSPS) is 10.7. The van der Waals surface area contributed by atoms with Crippen molar-refractivity contribution in [2.75, 3.05) is 18.4 Å². The van der Waals surface area contributed by atoms with Crippen LogP contribution in [-0.2, 0) is 9.59 Å². The molecular formula is C15H20N4O3S. The van der Waals surface area contributed by atoms with E-state index in [9.17, 15) is 9.59 Å². The van der Waals surface area contributed by atoms with E-state index in [2.05, 4.69) is 27.5 Å². The van der Waals surface area contributed by atoms with Crippen LogP contribution in [0, 0.1) is 20.8 Å². The van der Waals surface area contributed by atoms with E-state index in [1.165, 1.54) is 4.88 Å². The zero-order valence-electron chi connectivity index (χ0n) is 13.4. The Morgan fingerprint density at radius 1 is 1.13 bits per heavy atom. The number of carboxylic acids is 1. The molecule has 0 aliphatic rings. The maximum atomic E-state index is 11.6. The monoisotopic (exact) mass is 336 g/mol. The van der Waals surface area contributed by atoms with Gasteiger partial charge in [0.2, 0.25) is 5.91 Å². The molecule has 0 saturated carbocycles. The van der Waals surface area contributed by atoms with Crippen molar-refractivity contribution >= 4 is 39.2 Å². The maximum absolute atomic E-state index is 11.6. The number of aryl methyl sites for hydroxylation is 3. The molecule has 1 amide bonds. The third kappa shape index (κ3) is 4.38. The van der Waals surface area contributed by atoms with Gasteiger partial charge < -0.3 is 15.7 Å². The van der Waals surface area contributed by atoms with Crippen LogP contribution in [0.3, 0.4) is 0 Å². The zero-order valence-corrected chi connectivity index (χ0v) is 14.2. The van der Waals surface area contributed by atoms with Crippen LogP contribution < -0.4 is 10.6 Å². The van der Waals surface area contributed by atoms with Crippen molar-refractivity contribution < 1.29 is 14.7 Å². The topological polar surface area (TPSA) is 104 Å². The van der Waals surface area contributed by atoms with Crippen molar-refractivity contribution in [3.8, 4) is 0 Å². The van der Waals surface area contributed by atoms with Crippen LogP contribution in [0.25, 0.3) is 10.2 Å². The summed E-state index contributed by atoms with van der Waals surface area (Å²) < 4.78 is 0. The minimum atomic E-state index is -0.925. The summed E-state index contributed by atoms with van der Waals surface area (Å²) in [6.07, 6.45) is 0.185. The molecule has 7 nitrogen and oxygen atoms in total. The Balaban J connectivity index is 1.97. The molecule has 0 aromatic carbocycles. The van der Waals surface area contributed by atoms with Crippen LogP contribution in [0.1, 0.15) is 29.1 Å². The van der Waals surface area contributed by atoms with Crippen LogP contribution >= 0.6 is 11.3 Å². The maximum Gasteiger partial charge on any atom is 0.305 e. The Bertz CT molecular complexity index is 742. The van der Waals surface area contributed by atoms with E-state index in [0.29, 0.717) is 12.4 Å². The molecule has 2 aromatic rings. The number of nitrogens with zero attached hydrogens (tertiary/aromatic N) is 2. The van der Waals surface area contributed by atoms with E-state index < -0.39 is 5.97 Å². The van der Waals surface area contributed by atoms with Gasteiger partial charge in [0.05, 0.1) is 11.8 Å². The molecule has 0 bridgehead atoms. The molecule has 0 radical (unpaired) electrons. The van der Waals surface area contributed by atoms with Gasteiger partial charge in [0, 0.05) is 24.4 Å². The molecule has 2 aromatic heterocycles. The number of amides is 1. The van der Waals surface area contributed by atoms with Gasteiger partial charge in [-0.05, 0) is 26.3 Å². The minimum absolute atomic E-state index is 0.0712. The Hall–Kier alpha value is -2.22. The van der Waals surface area contributed by atoms with Gasteiger partial charge in [0.1, 0.15) is 16.5 Å². The molecule has 0 fully saturated rings. The lowest BCUT2D eigenvalue weighted by atomic mass is 10.2. The average molecular weight is 336 g/mol. The zero-order chi connectivity index (χ0) is 17.0. The molecule has 0 spiro atoms. The standard InChI is InChI=1S/C15H20N4O3S/c1-8-9(2)23-15-13(8)14(18-10(3)19-15)17-6-4-11(20)16-7-5-12(21)22/h4-7H2,1-3H3,(H,16,20)(H,21,22)(H,17,18,19). The molecule has 8 heteroatoms. The highest BCUT2D eigenvalue weighted by atomic mass is 32.1. The van der Waals surface area contributed by atoms with Crippen LogP contribution in [0.5, 0.6) is 0 Å². The van der Waals surface area contributed by atoms with Crippen LogP contribution in [-0.4, -0.2) is 40.0 Å². The van der Waals surface area contributed by atoms with Crippen molar-refractivity contribution in [3.63, 3.8) is 0 Å². The van der Waals surface area contributed by atoms with Crippen LogP contribution in [0.2, 0.25) is 0 Å². The molecule has 124 valence electrons. The Morgan fingerprint density at radius 2 is 1.87 bits per heavy atom. The van der Waals surface area contributed by atoms with Crippen molar-refractivity contribution in [1.29, 1.82) is 0 Å². The highest BCUT2D eigenvalue weighted by Crippen LogP contribution is 2.33. The Labute approximate surface area is 138 Å². The second-order valence-electron chi connectivity index (χ2n) is 5.25. The fraction of sp³-hybridized carbons (Fsp3) is 0.467. The molecule has 2 rings (SSSR count). The van der Waals surface area contributed by atoms with Gasteiger partial charge in [-0.2, -0.15) is 0 Å². The third-order valence-electron chi connectivity index (χ3n) is 3.45. The summed E-state index contributed by atoms with van der Waals surface area (Å²) in [5.74, 6) is 0.324. The second-order valence-corrected chi connectivity index (χ2v) is 6.46. The molecular weight excluding hydrogens is 316 g/mol. The smallest absolute Gasteiger partial charge is 0.305 e. The van der Waals surface area contributed by atoms with Crippen molar-refractivity contribution in [3.05, 3.63) is 16.3 Å². The number of thiophene rings is 1. The van der Waals surface area contributed by atoms with Crippen molar-refractivity contribution in [2.24, 2.45) is 0 Å². The fourth-order valence-corrected chi connectivity index (χ4v) is 3.25. The van der Waals surface area contributed by atoms with Gasteiger partial charge in [0.25, 0.3) is 0 Å². The number of fused-ring (bicyclic) bond motifs is 1. The van der Waals surface area contributed by atoms with E-state index in [0.717, 1.165) is 21.6 Å². The second kappa shape index (κ2) is 7.36. The summed E-state index contributed by atoms with van der Waals surface area (Å²) in [5, 5.41) is 15.3. The van der Waals surface area contributed by atoms with Gasteiger partial charge >= 0.3 is 5.97 Å². The van der Waals surface area contributed by atoms with E-state index in [1.54, 1.807) is 11.3 Å². The first-order valence-electron chi connectivity index (χ1n) is 7.35. The first kappa shape index (κ1) is 17.1. The Kier molecular flexibility index (Phi) is 5.49. The number of anilines is 1.